The molecule has 1 fully saturated rings. The topological polar surface area (TPSA) is 281 Å². The third-order valence-corrected chi connectivity index (χ3v) is 9.20. The van der Waals surface area contributed by atoms with E-state index in [0.29, 0.717) is 16.3 Å². The number of rotatable bonds is 13. The predicted molar refractivity (Wildman–Crippen MR) is 129 cm³/mol. The molecular weight excluding hydrogens is 650 g/mol. The number of carbonyl (C=O) groups is 1. The SMILES string of the molecule is CC(C)=CCC(Cc1cn([C@@H]2O[C@H](COP(=O)(O)OP(=O)(O)OP(=O)(O)O)C(O)C2O)c(=O)[nH]c1=O)C(=O)C(F)(F)F. The maximum Gasteiger partial charge on any atom is 0.490 e. The Morgan fingerprint density at radius 2 is 1.69 bits per heavy atom. The molecule has 5 unspecified atom stereocenters. The van der Waals surface area contributed by atoms with Crippen molar-refractivity contribution in [2.75, 3.05) is 6.61 Å². The number of aromatic nitrogens is 2. The number of phosphoric ester groups is 1. The summed E-state index contributed by atoms with van der Waals surface area (Å²) < 4.78 is 90.5. The van der Waals surface area contributed by atoms with E-state index in [1.807, 2.05) is 0 Å². The van der Waals surface area contributed by atoms with Crippen molar-refractivity contribution in [1.29, 1.82) is 0 Å². The first-order valence-electron chi connectivity index (χ1n) is 11.3. The summed E-state index contributed by atoms with van der Waals surface area (Å²) in [7, 11) is -17.2. The maximum atomic E-state index is 13.2. The lowest BCUT2D eigenvalue weighted by Crippen LogP contribution is -2.40. The number of ketones is 1. The fourth-order valence-corrected chi connectivity index (χ4v) is 6.62. The van der Waals surface area contributed by atoms with Crippen molar-refractivity contribution in [2.24, 2.45) is 5.92 Å². The van der Waals surface area contributed by atoms with Crippen LogP contribution >= 0.6 is 23.5 Å². The van der Waals surface area contributed by atoms with Gasteiger partial charge in [-0.25, -0.2) is 18.5 Å². The molecule has 18 nitrogen and oxygen atoms in total. The number of aliphatic hydroxyl groups excluding tert-OH is 2. The van der Waals surface area contributed by atoms with Gasteiger partial charge < -0.3 is 34.5 Å². The highest BCUT2D eigenvalue weighted by Gasteiger charge is 2.47. The first-order valence-corrected chi connectivity index (χ1v) is 15.8. The van der Waals surface area contributed by atoms with Gasteiger partial charge in [0.1, 0.15) is 18.3 Å². The molecule has 24 heteroatoms. The summed E-state index contributed by atoms with van der Waals surface area (Å²) in [6.45, 7) is 1.90. The average molecular weight is 676 g/mol. The van der Waals surface area contributed by atoms with Gasteiger partial charge in [0, 0.05) is 17.7 Å². The van der Waals surface area contributed by atoms with E-state index in [1.165, 1.54) is 6.08 Å². The molecule has 2 heterocycles. The number of nitrogens with one attached hydrogen (secondary N) is 1. The zero-order valence-corrected chi connectivity index (χ0v) is 24.0. The summed E-state index contributed by atoms with van der Waals surface area (Å²) in [4.78, 5) is 74.3. The van der Waals surface area contributed by atoms with Crippen LogP contribution in [0.5, 0.6) is 0 Å². The molecule has 0 aliphatic carbocycles. The molecule has 1 aromatic heterocycles. The van der Waals surface area contributed by atoms with Crippen LogP contribution < -0.4 is 11.2 Å². The zero-order valence-electron chi connectivity index (χ0n) is 21.4. The van der Waals surface area contributed by atoms with E-state index in [2.05, 4.69) is 13.1 Å². The number of aliphatic hydroxyl groups is 2. The van der Waals surface area contributed by atoms with Crippen molar-refractivity contribution in [1.82, 2.24) is 9.55 Å². The highest BCUT2D eigenvalue weighted by molar-refractivity contribution is 7.66. The lowest BCUT2D eigenvalue weighted by molar-refractivity contribution is -0.175. The normalized spacial score (nSPS) is 24.9. The van der Waals surface area contributed by atoms with Crippen LogP contribution in [-0.2, 0) is 42.8 Å². The number of hydrogen-bond donors (Lipinski definition) is 7. The van der Waals surface area contributed by atoms with E-state index in [4.69, 9.17) is 14.5 Å². The van der Waals surface area contributed by atoms with Crippen LogP contribution in [0.4, 0.5) is 13.2 Å². The monoisotopic (exact) mass is 676 g/mol. The van der Waals surface area contributed by atoms with E-state index in [-0.39, 0.29) is 0 Å². The molecule has 0 aromatic carbocycles. The van der Waals surface area contributed by atoms with E-state index in [1.54, 1.807) is 18.8 Å². The molecule has 7 N–H and O–H groups in total. The summed E-state index contributed by atoms with van der Waals surface area (Å²) in [5, 5.41) is 20.6. The third kappa shape index (κ3) is 10.4. The second kappa shape index (κ2) is 13.4. The number of halogens is 3. The molecule has 0 amide bonds. The van der Waals surface area contributed by atoms with Gasteiger partial charge in [-0.1, -0.05) is 11.6 Å². The Hall–Kier alpha value is -1.83. The van der Waals surface area contributed by atoms with Crippen molar-refractivity contribution in [3.05, 3.63) is 44.2 Å². The Balaban J connectivity index is 2.28. The Bertz CT molecular complexity index is 1450. The smallest absolute Gasteiger partial charge is 0.387 e. The number of alkyl halides is 3. The number of phosphoric acid groups is 3. The Labute approximate surface area is 232 Å². The van der Waals surface area contributed by atoms with Crippen molar-refractivity contribution < 1.29 is 79.3 Å². The molecule has 0 saturated carbocycles. The molecular formula is C18H26F3N2O16P3. The zero-order chi connectivity index (χ0) is 32.4. The minimum Gasteiger partial charge on any atom is -0.387 e. The summed E-state index contributed by atoms with van der Waals surface area (Å²) in [5.74, 6) is -3.92. The molecule has 1 saturated heterocycles. The van der Waals surface area contributed by atoms with Gasteiger partial charge in [-0.2, -0.15) is 21.8 Å². The molecule has 0 radical (unpaired) electrons. The van der Waals surface area contributed by atoms with Gasteiger partial charge in [0.2, 0.25) is 5.78 Å². The molecule has 240 valence electrons. The highest BCUT2D eigenvalue weighted by atomic mass is 31.3. The predicted octanol–water partition coefficient (Wildman–Crippen LogP) is 0.145. The number of H-pyrrole nitrogens is 1. The van der Waals surface area contributed by atoms with Crippen LogP contribution in [0.15, 0.2) is 27.4 Å². The van der Waals surface area contributed by atoms with Gasteiger partial charge in [-0.3, -0.25) is 23.7 Å². The summed E-state index contributed by atoms with van der Waals surface area (Å²) in [5.41, 5.74) is -2.38. The minimum atomic E-state index is -5.87. The van der Waals surface area contributed by atoms with Gasteiger partial charge in [0.05, 0.1) is 6.61 Å². The molecule has 0 bridgehead atoms. The van der Waals surface area contributed by atoms with Crippen molar-refractivity contribution in [2.45, 2.75) is 57.4 Å². The van der Waals surface area contributed by atoms with Gasteiger partial charge in [-0.15, -0.1) is 0 Å². The van der Waals surface area contributed by atoms with E-state index in [0.717, 1.165) is 0 Å². The largest absolute Gasteiger partial charge is 0.490 e. The number of aromatic amines is 1. The molecule has 2 rings (SSSR count). The van der Waals surface area contributed by atoms with E-state index >= 15 is 0 Å². The minimum absolute atomic E-state index is 0.414. The number of ether oxygens (including phenoxy) is 1. The fourth-order valence-electron chi connectivity index (χ4n) is 3.59. The van der Waals surface area contributed by atoms with E-state index in [9.17, 15) is 61.2 Å². The number of carbonyl (C=O) groups excluding carboxylic acids is 1. The molecule has 0 spiro atoms. The molecule has 7 atom stereocenters. The lowest BCUT2D eigenvalue weighted by Gasteiger charge is -2.20. The number of Topliss-reactive ketones (excluding diaryl/α,β-unsaturated/α-hetero) is 1. The fraction of sp³-hybridized carbons (Fsp3) is 0.611. The van der Waals surface area contributed by atoms with Crippen LogP contribution in [0.2, 0.25) is 0 Å². The lowest BCUT2D eigenvalue weighted by atomic mass is 9.92. The van der Waals surface area contributed by atoms with Crippen LogP contribution in [0.3, 0.4) is 0 Å². The van der Waals surface area contributed by atoms with Crippen molar-refractivity contribution in [3.63, 3.8) is 0 Å². The Morgan fingerprint density at radius 3 is 2.21 bits per heavy atom. The van der Waals surface area contributed by atoms with Crippen molar-refractivity contribution >= 4 is 29.3 Å². The van der Waals surface area contributed by atoms with Crippen LogP contribution in [0.1, 0.15) is 32.1 Å². The highest BCUT2D eigenvalue weighted by Crippen LogP contribution is 2.66. The van der Waals surface area contributed by atoms with Gasteiger partial charge in [-0.05, 0) is 26.7 Å². The standard InChI is InChI=1S/C18H26F3N2O16P3/c1-8(2)3-4-9(14(26)18(19,20)21)5-10-6-23(17(28)22-15(10)27)16-13(25)12(24)11(37-16)7-36-41(32,33)39-42(34,35)38-40(29,30)31/h3,6,9,11-13,16,24-25H,4-5,7H2,1-2H3,(H,32,33)(H,34,35)(H,22,27,28)(H2,29,30,31)/t9?,11-,12?,13?,16-/m1/s1. The molecule has 1 aromatic rings. The van der Waals surface area contributed by atoms with Gasteiger partial charge >= 0.3 is 35.3 Å². The van der Waals surface area contributed by atoms with E-state index < -0.39 is 102 Å². The molecule has 1 aliphatic rings. The quantitative estimate of drug-likeness (QED) is 0.108. The summed E-state index contributed by atoms with van der Waals surface area (Å²) >= 11 is 0. The first-order chi connectivity index (χ1) is 18.9. The maximum absolute atomic E-state index is 13.2. The summed E-state index contributed by atoms with van der Waals surface area (Å²) in [6.07, 6.45) is -12.2. The number of hydrogen-bond acceptors (Lipinski definition) is 12. The first kappa shape index (κ1) is 36.4. The van der Waals surface area contributed by atoms with Crippen LogP contribution in [0.25, 0.3) is 0 Å². The summed E-state index contributed by atoms with van der Waals surface area (Å²) in [6, 6.07) is 0. The van der Waals surface area contributed by atoms with Gasteiger partial charge in [0.25, 0.3) is 5.56 Å². The molecule has 1 aliphatic heterocycles. The van der Waals surface area contributed by atoms with Crippen molar-refractivity contribution in [3.8, 4) is 0 Å². The second-order valence-electron chi connectivity index (χ2n) is 9.03. The third-order valence-electron chi connectivity index (χ3n) is 5.40. The average Bonchev–Trinajstić information content (AvgIpc) is 3.06. The molecule has 42 heavy (non-hydrogen) atoms. The van der Waals surface area contributed by atoms with Gasteiger partial charge in [0.15, 0.2) is 6.23 Å². The Kier molecular flexibility index (Phi) is 11.6. The number of nitrogens with zero attached hydrogens (tertiary/aromatic N) is 1. The number of allylic oxidation sites excluding steroid dienone is 2. The second-order valence-corrected chi connectivity index (χ2v) is 13.5. The van der Waals surface area contributed by atoms with Crippen LogP contribution in [-0.4, -0.2) is 76.2 Å². The van der Waals surface area contributed by atoms with Crippen LogP contribution in [0, 0.1) is 5.92 Å². The Morgan fingerprint density at radius 1 is 1.10 bits per heavy atom.